The molecule has 0 atom stereocenters. The average Bonchev–Trinajstić information content (AvgIpc) is 3.20. The zero-order valence-electron chi connectivity index (χ0n) is 17.6. The number of nitrogens with one attached hydrogen (secondary N) is 1. The van der Waals surface area contributed by atoms with Crippen molar-refractivity contribution in [3.05, 3.63) is 76.6 Å². The normalized spacial score (nSPS) is 11.1. The van der Waals surface area contributed by atoms with E-state index in [9.17, 15) is 18.0 Å². The maximum absolute atomic E-state index is 12.7. The molecule has 3 rings (SSSR count). The molecule has 0 amide bonds. The number of hydrogen-bond acceptors (Lipinski definition) is 6. The third-order valence-electron chi connectivity index (χ3n) is 4.22. The highest BCUT2D eigenvalue weighted by molar-refractivity contribution is 5.86. The van der Waals surface area contributed by atoms with Crippen LogP contribution in [0.15, 0.2) is 47.1 Å². The summed E-state index contributed by atoms with van der Waals surface area (Å²) in [6, 6.07) is 7.75. The van der Waals surface area contributed by atoms with Gasteiger partial charge in [-0.1, -0.05) is 11.8 Å². The summed E-state index contributed by atoms with van der Waals surface area (Å²) in [5.41, 5.74) is 0.784. The van der Waals surface area contributed by atoms with Gasteiger partial charge in [0.25, 0.3) is 0 Å². The Balaban J connectivity index is 1.74. The minimum Gasteiger partial charge on any atom is -0.457 e. The molecule has 0 aliphatic carbocycles. The summed E-state index contributed by atoms with van der Waals surface area (Å²) in [5, 5.41) is 3.08. The lowest BCUT2D eigenvalue weighted by atomic mass is 10.1. The van der Waals surface area contributed by atoms with Gasteiger partial charge in [0.05, 0.1) is 29.5 Å². The van der Waals surface area contributed by atoms with E-state index in [0.717, 1.165) is 12.1 Å². The van der Waals surface area contributed by atoms with Crippen LogP contribution in [0.1, 0.15) is 52.5 Å². The van der Waals surface area contributed by atoms with Crippen LogP contribution < -0.4 is 5.32 Å². The van der Waals surface area contributed by atoms with Crippen LogP contribution in [0.4, 0.5) is 19.0 Å². The molecule has 0 unspecified atom stereocenters. The first-order valence-corrected chi connectivity index (χ1v) is 9.68. The summed E-state index contributed by atoms with van der Waals surface area (Å²) in [6.07, 6.45) is -3.29. The molecule has 0 aliphatic heterocycles. The van der Waals surface area contributed by atoms with Gasteiger partial charge in [-0.2, -0.15) is 13.2 Å². The number of hydrogen-bond donors (Lipinski definition) is 1. The molecule has 0 saturated heterocycles. The quantitative estimate of drug-likeness (QED) is 0.443. The fourth-order valence-electron chi connectivity index (χ4n) is 2.66. The number of aryl methyl sites for hydroxylation is 1. The van der Waals surface area contributed by atoms with Crippen LogP contribution in [0.2, 0.25) is 0 Å². The number of benzene rings is 1. The summed E-state index contributed by atoms with van der Waals surface area (Å²) < 4.78 is 48.7. The average molecular weight is 443 g/mol. The SMILES string of the molecule is Cc1ncnc(NCc2ccc(C(=O)OC(C)C)o2)c1C#Cc1ccc(C(F)(F)F)cc1. The van der Waals surface area contributed by atoms with Crippen LogP contribution in [0.25, 0.3) is 0 Å². The van der Waals surface area contributed by atoms with Crippen LogP contribution in [-0.4, -0.2) is 22.0 Å². The number of furan rings is 1. The van der Waals surface area contributed by atoms with Crippen molar-refractivity contribution in [1.82, 2.24) is 9.97 Å². The number of nitrogens with zero attached hydrogens (tertiary/aromatic N) is 2. The van der Waals surface area contributed by atoms with E-state index in [4.69, 9.17) is 9.15 Å². The maximum atomic E-state index is 12.7. The van der Waals surface area contributed by atoms with E-state index in [0.29, 0.717) is 28.4 Å². The van der Waals surface area contributed by atoms with E-state index in [2.05, 4.69) is 27.1 Å². The first-order chi connectivity index (χ1) is 15.1. The predicted molar refractivity (Wildman–Crippen MR) is 111 cm³/mol. The molecule has 2 heterocycles. The van der Waals surface area contributed by atoms with Gasteiger partial charge in [-0.3, -0.25) is 0 Å². The molecule has 0 spiro atoms. The topological polar surface area (TPSA) is 77.2 Å². The van der Waals surface area contributed by atoms with E-state index in [1.165, 1.54) is 24.5 Å². The Morgan fingerprint density at radius 1 is 1.12 bits per heavy atom. The molecule has 0 radical (unpaired) electrons. The third-order valence-corrected chi connectivity index (χ3v) is 4.22. The lowest BCUT2D eigenvalue weighted by Crippen LogP contribution is -2.10. The van der Waals surface area contributed by atoms with E-state index >= 15 is 0 Å². The third kappa shape index (κ3) is 5.88. The Labute approximate surface area is 182 Å². The molecule has 6 nitrogen and oxygen atoms in total. The fourth-order valence-corrected chi connectivity index (χ4v) is 2.66. The molecule has 166 valence electrons. The Morgan fingerprint density at radius 2 is 1.84 bits per heavy atom. The van der Waals surface area contributed by atoms with Gasteiger partial charge in [0, 0.05) is 5.56 Å². The zero-order chi connectivity index (χ0) is 23.3. The van der Waals surface area contributed by atoms with Crippen LogP contribution in [-0.2, 0) is 17.5 Å². The van der Waals surface area contributed by atoms with Gasteiger partial charge >= 0.3 is 12.1 Å². The van der Waals surface area contributed by atoms with Gasteiger partial charge < -0.3 is 14.5 Å². The number of aromatic nitrogens is 2. The maximum Gasteiger partial charge on any atom is 0.416 e. The van der Waals surface area contributed by atoms with Crippen molar-refractivity contribution >= 4 is 11.8 Å². The molecule has 1 N–H and O–H groups in total. The molecule has 0 bridgehead atoms. The highest BCUT2D eigenvalue weighted by Gasteiger charge is 2.29. The summed E-state index contributed by atoms with van der Waals surface area (Å²) >= 11 is 0. The highest BCUT2D eigenvalue weighted by atomic mass is 19.4. The van der Waals surface area contributed by atoms with Crippen molar-refractivity contribution in [1.29, 1.82) is 0 Å². The molecule has 0 saturated carbocycles. The minimum atomic E-state index is -4.40. The Bertz CT molecular complexity index is 1160. The van der Waals surface area contributed by atoms with Crippen molar-refractivity contribution in [2.24, 2.45) is 0 Å². The van der Waals surface area contributed by atoms with Crippen molar-refractivity contribution in [2.75, 3.05) is 5.32 Å². The predicted octanol–water partition coefficient (Wildman–Crippen LogP) is 4.97. The van der Waals surface area contributed by atoms with Gasteiger partial charge in [0.1, 0.15) is 17.9 Å². The largest absolute Gasteiger partial charge is 0.457 e. The molecule has 1 aromatic carbocycles. The van der Waals surface area contributed by atoms with E-state index < -0.39 is 17.7 Å². The Hall–Kier alpha value is -3.80. The standard InChI is InChI=1S/C23H20F3N3O3/c1-14(2)31-22(30)20-11-9-18(32-20)12-27-21-19(15(3)28-13-29-21)10-6-16-4-7-17(8-5-16)23(24,25)26/h4-5,7-9,11,13-14H,12H2,1-3H3,(H,27,28,29). The lowest BCUT2D eigenvalue weighted by Gasteiger charge is -2.08. The molecular weight excluding hydrogens is 423 g/mol. The molecular formula is C23H20F3N3O3. The monoisotopic (exact) mass is 443 g/mol. The van der Waals surface area contributed by atoms with Crippen LogP contribution in [0.5, 0.6) is 0 Å². The highest BCUT2D eigenvalue weighted by Crippen LogP contribution is 2.29. The smallest absolute Gasteiger partial charge is 0.416 e. The van der Waals surface area contributed by atoms with Crippen LogP contribution >= 0.6 is 0 Å². The first-order valence-electron chi connectivity index (χ1n) is 9.68. The summed E-state index contributed by atoms with van der Waals surface area (Å²) in [6.45, 7) is 5.46. The Kier molecular flexibility index (Phi) is 6.83. The Morgan fingerprint density at radius 3 is 2.50 bits per heavy atom. The number of esters is 1. The molecule has 0 fully saturated rings. The van der Waals surface area contributed by atoms with Gasteiger partial charge in [0.2, 0.25) is 5.76 Å². The minimum absolute atomic E-state index is 0.0942. The number of ether oxygens (including phenoxy) is 1. The van der Waals surface area contributed by atoms with E-state index in [-0.39, 0.29) is 18.4 Å². The van der Waals surface area contributed by atoms with Crippen LogP contribution in [0, 0.1) is 18.8 Å². The fraction of sp³-hybridized carbons (Fsp3) is 0.261. The number of carbonyl (C=O) groups is 1. The summed E-state index contributed by atoms with van der Waals surface area (Å²) in [5.74, 6) is 6.21. The van der Waals surface area contributed by atoms with E-state index in [1.54, 1.807) is 26.8 Å². The molecule has 3 aromatic rings. The molecule has 9 heteroatoms. The number of carbonyl (C=O) groups excluding carboxylic acids is 1. The second-order valence-corrected chi connectivity index (χ2v) is 7.08. The second kappa shape index (κ2) is 9.56. The van der Waals surface area contributed by atoms with Crippen molar-refractivity contribution < 1.29 is 27.1 Å². The number of rotatable bonds is 5. The van der Waals surface area contributed by atoms with Crippen molar-refractivity contribution in [2.45, 2.75) is 39.6 Å². The molecule has 32 heavy (non-hydrogen) atoms. The summed E-state index contributed by atoms with van der Waals surface area (Å²) in [7, 11) is 0. The number of halogens is 3. The van der Waals surface area contributed by atoms with Gasteiger partial charge in [0.15, 0.2) is 0 Å². The van der Waals surface area contributed by atoms with Crippen LogP contribution in [0.3, 0.4) is 0 Å². The van der Waals surface area contributed by atoms with Crippen molar-refractivity contribution in [3.8, 4) is 11.8 Å². The zero-order valence-corrected chi connectivity index (χ0v) is 17.6. The summed E-state index contributed by atoms with van der Waals surface area (Å²) in [4.78, 5) is 20.2. The van der Waals surface area contributed by atoms with Crippen molar-refractivity contribution in [3.63, 3.8) is 0 Å². The van der Waals surface area contributed by atoms with Gasteiger partial charge in [-0.05, 0) is 57.2 Å². The van der Waals surface area contributed by atoms with E-state index in [1.807, 2.05) is 0 Å². The second-order valence-electron chi connectivity index (χ2n) is 7.08. The number of alkyl halides is 3. The first kappa shape index (κ1) is 22.9. The lowest BCUT2D eigenvalue weighted by molar-refractivity contribution is -0.137. The van der Waals surface area contributed by atoms with Gasteiger partial charge in [-0.15, -0.1) is 0 Å². The number of anilines is 1. The van der Waals surface area contributed by atoms with Gasteiger partial charge in [-0.25, -0.2) is 14.8 Å². The molecule has 2 aromatic heterocycles. The molecule has 0 aliphatic rings.